The van der Waals surface area contributed by atoms with Crippen molar-refractivity contribution in [2.45, 2.75) is 6.92 Å². The normalized spacial score (nSPS) is 10.9. The third-order valence-electron chi connectivity index (χ3n) is 3.20. The van der Waals surface area contributed by atoms with Crippen molar-refractivity contribution in [3.05, 3.63) is 59.7 Å². The van der Waals surface area contributed by atoms with Crippen LogP contribution in [0.5, 0.6) is 0 Å². The second-order valence-corrected chi connectivity index (χ2v) is 4.51. The van der Waals surface area contributed by atoms with Crippen molar-refractivity contribution in [3.63, 3.8) is 0 Å². The first-order chi connectivity index (χ1) is 9.58. The smallest absolute Gasteiger partial charge is 0.248 e. The number of hydrogen-bond acceptors (Lipinski definition) is 2. The number of nitrogens with two attached hydrogens (primary N) is 1. The molecule has 2 aromatic carbocycles. The van der Waals surface area contributed by atoms with E-state index in [1.165, 1.54) is 12.1 Å². The molecule has 0 radical (unpaired) electrons. The first-order valence-corrected chi connectivity index (χ1v) is 6.12. The second kappa shape index (κ2) is 4.45. The fourth-order valence-electron chi connectivity index (χ4n) is 2.29. The van der Waals surface area contributed by atoms with Crippen LogP contribution in [0.1, 0.15) is 16.2 Å². The topological polar surface area (TPSA) is 60.9 Å². The number of primary amides is 1. The van der Waals surface area contributed by atoms with E-state index in [1.54, 1.807) is 11.5 Å². The first kappa shape index (κ1) is 12.3. The molecular formula is C15H12FN3O. The monoisotopic (exact) mass is 269 g/mol. The zero-order valence-electron chi connectivity index (χ0n) is 10.8. The summed E-state index contributed by atoms with van der Waals surface area (Å²) in [4.78, 5) is 15.5. The van der Waals surface area contributed by atoms with Crippen LogP contribution in [0.3, 0.4) is 0 Å². The highest BCUT2D eigenvalue weighted by Crippen LogP contribution is 2.23. The summed E-state index contributed by atoms with van der Waals surface area (Å²) in [5.74, 6) is -0.480. The molecular weight excluding hydrogens is 257 g/mol. The van der Waals surface area contributed by atoms with Crippen LogP contribution < -0.4 is 5.73 Å². The Morgan fingerprint density at radius 3 is 2.70 bits per heavy atom. The zero-order valence-corrected chi connectivity index (χ0v) is 10.8. The fraction of sp³-hybridized carbons (Fsp3) is 0.0667. The van der Waals surface area contributed by atoms with Crippen molar-refractivity contribution in [1.29, 1.82) is 0 Å². The third-order valence-corrected chi connectivity index (χ3v) is 3.20. The van der Waals surface area contributed by atoms with Gasteiger partial charge in [-0.05, 0) is 37.3 Å². The molecule has 4 nitrogen and oxygen atoms in total. The largest absolute Gasteiger partial charge is 0.366 e. The van der Waals surface area contributed by atoms with Gasteiger partial charge in [0, 0.05) is 5.56 Å². The van der Waals surface area contributed by atoms with Crippen molar-refractivity contribution in [1.82, 2.24) is 9.55 Å². The Balaban J connectivity index is 2.26. The van der Waals surface area contributed by atoms with Gasteiger partial charge in [0.15, 0.2) is 0 Å². The number of nitrogens with zero attached hydrogens (tertiary/aromatic N) is 2. The molecule has 0 bridgehead atoms. The molecule has 2 N–H and O–H groups in total. The number of amides is 1. The van der Waals surface area contributed by atoms with Crippen molar-refractivity contribution in [2.24, 2.45) is 5.73 Å². The summed E-state index contributed by atoms with van der Waals surface area (Å²) >= 11 is 0. The van der Waals surface area contributed by atoms with E-state index in [0.717, 1.165) is 17.1 Å². The van der Waals surface area contributed by atoms with Gasteiger partial charge >= 0.3 is 0 Å². The minimum Gasteiger partial charge on any atom is -0.366 e. The van der Waals surface area contributed by atoms with Gasteiger partial charge in [0.2, 0.25) is 5.91 Å². The number of rotatable bonds is 2. The second-order valence-electron chi connectivity index (χ2n) is 4.51. The molecule has 0 aliphatic heterocycles. The lowest BCUT2D eigenvalue weighted by molar-refractivity contribution is 0.1000. The van der Waals surface area contributed by atoms with Gasteiger partial charge in [0.1, 0.15) is 11.6 Å². The zero-order chi connectivity index (χ0) is 14.3. The molecule has 1 heterocycles. The van der Waals surface area contributed by atoms with Gasteiger partial charge in [-0.1, -0.05) is 12.1 Å². The molecule has 0 aliphatic rings. The number of carbonyl (C=O) groups is 1. The lowest BCUT2D eigenvalue weighted by atomic mass is 10.2. The average molecular weight is 269 g/mol. The molecule has 0 fully saturated rings. The summed E-state index contributed by atoms with van der Waals surface area (Å²) in [7, 11) is 0. The molecule has 0 spiro atoms. The molecule has 3 rings (SSSR count). The highest BCUT2D eigenvalue weighted by atomic mass is 19.1. The number of benzene rings is 2. The van der Waals surface area contributed by atoms with E-state index < -0.39 is 11.7 Å². The number of para-hydroxylation sites is 2. The quantitative estimate of drug-likeness (QED) is 0.777. The van der Waals surface area contributed by atoms with Crippen LogP contribution in [0, 0.1) is 12.7 Å². The predicted molar refractivity (Wildman–Crippen MR) is 74.3 cm³/mol. The highest BCUT2D eigenvalue weighted by molar-refractivity contribution is 5.93. The summed E-state index contributed by atoms with van der Waals surface area (Å²) in [5, 5.41) is 0. The van der Waals surface area contributed by atoms with Gasteiger partial charge in [-0.2, -0.15) is 0 Å². The molecule has 1 aromatic heterocycles. The van der Waals surface area contributed by atoms with Crippen LogP contribution in [0.15, 0.2) is 42.5 Å². The molecule has 100 valence electrons. The number of halogens is 1. The first-order valence-electron chi connectivity index (χ1n) is 6.12. The van der Waals surface area contributed by atoms with E-state index in [9.17, 15) is 9.18 Å². The van der Waals surface area contributed by atoms with E-state index in [2.05, 4.69) is 4.98 Å². The number of carbonyl (C=O) groups excluding carboxylic acids is 1. The van der Waals surface area contributed by atoms with Crippen molar-refractivity contribution < 1.29 is 9.18 Å². The number of fused-ring (bicyclic) bond motifs is 1. The Kier molecular flexibility index (Phi) is 2.75. The van der Waals surface area contributed by atoms with Gasteiger partial charge in [-0.3, -0.25) is 9.36 Å². The lowest BCUT2D eigenvalue weighted by Crippen LogP contribution is -2.12. The van der Waals surface area contributed by atoms with Crippen LogP contribution in [-0.4, -0.2) is 15.5 Å². The third kappa shape index (κ3) is 1.84. The summed E-state index contributed by atoms with van der Waals surface area (Å²) < 4.78 is 15.9. The standard InChI is InChI=1S/C15H12FN3O/c1-9-18-12-4-2-3-5-14(12)19(9)13-7-6-10(15(17)20)8-11(13)16/h2-8H,1H3,(H2,17,20). The number of hydrogen-bond donors (Lipinski definition) is 1. The van der Waals surface area contributed by atoms with E-state index in [-0.39, 0.29) is 5.56 Å². The molecule has 0 unspecified atom stereocenters. The summed E-state index contributed by atoms with van der Waals surface area (Å²) in [6.07, 6.45) is 0. The Hall–Kier alpha value is -2.69. The highest BCUT2D eigenvalue weighted by Gasteiger charge is 2.13. The predicted octanol–water partition coefficient (Wildman–Crippen LogP) is 2.57. The van der Waals surface area contributed by atoms with Crippen LogP contribution in [0.2, 0.25) is 0 Å². The van der Waals surface area contributed by atoms with E-state index >= 15 is 0 Å². The van der Waals surface area contributed by atoms with Crippen molar-refractivity contribution >= 4 is 16.9 Å². The van der Waals surface area contributed by atoms with E-state index in [4.69, 9.17) is 5.73 Å². The fourth-order valence-corrected chi connectivity index (χ4v) is 2.29. The maximum absolute atomic E-state index is 14.2. The molecule has 0 saturated carbocycles. The molecule has 0 saturated heterocycles. The van der Waals surface area contributed by atoms with Gasteiger partial charge in [0.25, 0.3) is 0 Å². The summed E-state index contributed by atoms with van der Waals surface area (Å²) in [6.45, 7) is 1.81. The molecule has 20 heavy (non-hydrogen) atoms. The minimum atomic E-state index is -0.650. The maximum atomic E-state index is 14.2. The molecule has 5 heteroatoms. The molecule has 0 atom stereocenters. The SMILES string of the molecule is Cc1nc2ccccc2n1-c1ccc(C(N)=O)cc1F. The van der Waals surface area contributed by atoms with Gasteiger partial charge in [-0.15, -0.1) is 0 Å². The van der Waals surface area contributed by atoms with Gasteiger partial charge in [0.05, 0.1) is 16.7 Å². The van der Waals surface area contributed by atoms with E-state index in [1.807, 2.05) is 24.3 Å². The Labute approximate surface area is 114 Å². The van der Waals surface area contributed by atoms with Crippen LogP contribution >= 0.6 is 0 Å². The van der Waals surface area contributed by atoms with Crippen LogP contribution in [-0.2, 0) is 0 Å². The number of imidazole rings is 1. The van der Waals surface area contributed by atoms with E-state index in [0.29, 0.717) is 11.5 Å². The van der Waals surface area contributed by atoms with Gasteiger partial charge in [-0.25, -0.2) is 9.37 Å². The van der Waals surface area contributed by atoms with Crippen molar-refractivity contribution in [3.8, 4) is 5.69 Å². The molecule has 0 aliphatic carbocycles. The summed E-state index contributed by atoms with van der Waals surface area (Å²) in [5.41, 5.74) is 7.25. The van der Waals surface area contributed by atoms with Crippen LogP contribution in [0.25, 0.3) is 16.7 Å². The number of aromatic nitrogens is 2. The molecule has 3 aromatic rings. The number of aryl methyl sites for hydroxylation is 1. The lowest BCUT2D eigenvalue weighted by Gasteiger charge is -2.09. The van der Waals surface area contributed by atoms with Crippen LogP contribution in [0.4, 0.5) is 4.39 Å². The average Bonchev–Trinajstić information content (AvgIpc) is 2.74. The summed E-state index contributed by atoms with van der Waals surface area (Å²) in [6, 6.07) is 11.7. The van der Waals surface area contributed by atoms with Gasteiger partial charge < -0.3 is 5.73 Å². The molecule has 1 amide bonds. The Bertz CT molecular complexity index is 823. The maximum Gasteiger partial charge on any atom is 0.248 e. The Morgan fingerprint density at radius 1 is 1.25 bits per heavy atom. The Morgan fingerprint density at radius 2 is 2.00 bits per heavy atom. The van der Waals surface area contributed by atoms with Crippen molar-refractivity contribution in [2.75, 3.05) is 0 Å². The minimum absolute atomic E-state index is 0.147.